The van der Waals surface area contributed by atoms with E-state index in [9.17, 15) is 10.1 Å². The van der Waals surface area contributed by atoms with Crippen LogP contribution in [0.2, 0.25) is 0 Å². The molecule has 0 spiro atoms. The van der Waals surface area contributed by atoms with Crippen LogP contribution in [-0.2, 0) is 0 Å². The summed E-state index contributed by atoms with van der Waals surface area (Å²) in [5.74, 6) is 0.769. The third-order valence-corrected chi connectivity index (χ3v) is 4.59. The highest BCUT2D eigenvalue weighted by atomic mass is 16.6. The molecule has 0 unspecified atom stereocenters. The van der Waals surface area contributed by atoms with Crippen LogP contribution in [0.15, 0.2) is 66.7 Å². The first-order chi connectivity index (χ1) is 13.2. The molecular formula is C22H18N2O3. The predicted octanol–water partition coefficient (Wildman–Crippen LogP) is 4.50. The second-order valence-corrected chi connectivity index (χ2v) is 6.30. The minimum absolute atomic E-state index is 0.0954. The van der Waals surface area contributed by atoms with Gasteiger partial charge in [-0.3, -0.25) is 10.1 Å². The highest BCUT2D eigenvalue weighted by molar-refractivity contribution is 6.06. The van der Waals surface area contributed by atoms with Crippen molar-refractivity contribution in [2.75, 3.05) is 13.2 Å². The number of rotatable bonds is 5. The van der Waals surface area contributed by atoms with Crippen LogP contribution in [0.4, 0.5) is 5.69 Å². The van der Waals surface area contributed by atoms with Crippen molar-refractivity contribution in [2.24, 2.45) is 5.73 Å². The van der Waals surface area contributed by atoms with Gasteiger partial charge in [-0.1, -0.05) is 36.4 Å². The average Bonchev–Trinajstić information content (AvgIpc) is 3.01. The van der Waals surface area contributed by atoms with E-state index in [4.69, 9.17) is 10.5 Å². The van der Waals surface area contributed by atoms with Crippen molar-refractivity contribution in [1.82, 2.24) is 0 Å². The standard InChI is InChI=1S/C22H18N2O3/c23-11-12-27-17-8-5-15(6-9-17)13-21-19-4-2-1-3-18(19)20-10-7-16(24(25)26)14-22(20)21/h1-10,13-14H,11-12,23H2/b21-13+. The van der Waals surface area contributed by atoms with Gasteiger partial charge < -0.3 is 10.5 Å². The van der Waals surface area contributed by atoms with E-state index < -0.39 is 0 Å². The Hall–Kier alpha value is -3.44. The summed E-state index contributed by atoms with van der Waals surface area (Å²) in [5.41, 5.74) is 11.6. The average molecular weight is 358 g/mol. The van der Waals surface area contributed by atoms with E-state index in [1.54, 1.807) is 12.1 Å². The summed E-state index contributed by atoms with van der Waals surface area (Å²) in [6.07, 6.45) is 2.06. The van der Waals surface area contributed by atoms with E-state index in [1.165, 1.54) is 0 Å². The molecule has 1 aliphatic rings. The zero-order valence-corrected chi connectivity index (χ0v) is 14.6. The third-order valence-electron chi connectivity index (χ3n) is 4.59. The van der Waals surface area contributed by atoms with Crippen LogP contribution in [0, 0.1) is 10.1 Å². The lowest BCUT2D eigenvalue weighted by molar-refractivity contribution is -0.384. The molecule has 0 aromatic heterocycles. The number of non-ortho nitro benzene ring substituents is 1. The monoisotopic (exact) mass is 358 g/mol. The van der Waals surface area contributed by atoms with E-state index >= 15 is 0 Å². The number of hydrogen-bond acceptors (Lipinski definition) is 4. The second-order valence-electron chi connectivity index (χ2n) is 6.30. The number of fused-ring (bicyclic) bond motifs is 3. The number of nitrogens with two attached hydrogens (primary N) is 1. The Labute approximate surface area is 156 Å². The summed E-state index contributed by atoms with van der Waals surface area (Å²) in [7, 11) is 0. The quantitative estimate of drug-likeness (QED) is 0.421. The minimum Gasteiger partial charge on any atom is -0.492 e. The van der Waals surface area contributed by atoms with Gasteiger partial charge in [0.15, 0.2) is 0 Å². The highest BCUT2D eigenvalue weighted by Crippen LogP contribution is 2.46. The molecule has 5 heteroatoms. The summed E-state index contributed by atoms with van der Waals surface area (Å²) < 4.78 is 5.51. The minimum atomic E-state index is -0.357. The molecule has 3 aromatic carbocycles. The molecule has 0 aliphatic heterocycles. The maximum atomic E-state index is 11.2. The van der Waals surface area contributed by atoms with Crippen molar-refractivity contribution < 1.29 is 9.66 Å². The SMILES string of the molecule is NCCOc1ccc(/C=C2\c3ccccc3-c3ccc([N+](=O)[O-])cc32)cc1. The summed E-state index contributed by atoms with van der Waals surface area (Å²) >= 11 is 0. The first kappa shape index (κ1) is 17.0. The number of nitro benzene ring substituents is 1. The predicted molar refractivity (Wildman–Crippen MR) is 106 cm³/mol. The van der Waals surface area contributed by atoms with Crippen LogP contribution in [-0.4, -0.2) is 18.1 Å². The first-order valence-corrected chi connectivity index (χ1v) is 8.70. The van der Waals surface area contributed by atoms with E-state index in [-0.39, 0.29) is 10.6 Å². The van der Waals surface area contributed by atoms with Crippen LogP contribution < -0.4 is 10.5 Å². The van der Waals surface area contributed by atoms with Crippen molar-refractivity contribution >= 4 is 17.3 Å². The fourth-order valence-corrected chi connectivity index (χ4v) is 3.36. The molecule has 0 radical (unpaired) electrons. The van der Waals surface area contributed by atoms with E-state index in [1.807, 2.05) is 54.6 Å². The molecule has 0 saturated heterocycles. The smallest absolute Gasteiger partial charge is 0.270 e. The van der Waals surface area contributed by atoms with Crippen molar-refractivity contribution in [3.8, 4) is 16.9 Å². The number of hydrogen-bond donors (Lipinski definition) is 1. The van der Waals surface area contributed by atoms with Gasteiger partial charge in [-0.25, -0.2) is 0 Å². The lowest BCUT2D eigenvalue weighted by atomic mass is 10.0. The lowest BCUT2D eigenvalue weighted by Gasteiger charge is -2.06. The molecule has 27 heavy (non-hydrogen) atoms. The van der Waals surface area contributed by atoms with Crippen LogP contribution in [0.25, 0.3) is 22.8 Å². The van der Waals surface area contributed by atoms with Gasteiger partial charge in [0.1, 0.15) is 12.4 Å². The molecule has 0 saturated carbocycles. The van der Waals surface area contributed by atoms with Gasteiger partial charge in [0.05, 0.1) is 4.92 Å². The van der Waals surface area contributed by atoms with Crippen LogP contribution in [0.5, 0.6) is 5.75 Å². The van der Waals surface area contributed by atoms with Gasteiger partial charge in [-0.15, -0.1) is 0 Å². The zero-order valence-electron chi connectivity index (χ0n) is 14.6. The molecule has 3 aromatic rings. The molecule has 0 amide bonds. The Kier molecular flexibility index (Phi) is 4.44. The van der Waals surface area contributed by atoms with Crippen molar-refractivity contribution in [3.05, 3.63) is 93.5 Å². The van der Waals surface area contributed by atoms with Crippen molar-refractivity contribution in [3.63, 3.8) is 0 Å². The summed E-state index contributed by atoms with van der Waals surface area (Å²) in [4.78, 5) is 10.9. The van der Waals surface area contributed by atoms with Gasteiger partial charge in [0.2, 0.25) is 0 Å². The van der Waals surface area contributed by atoms with Gasteiger partial charge in [0, 0.05) is 18.7 Å². The van der Waals surface area contributed by atoms with Gasteiger partial charge >= 0.3 is 0 Å². The fourth-order valence-electron chi connectivity index (χ4n) is 3.36. The number of nitrogens with zero attached hydrogens (tertiary/aromatic N) is 1. The van der Waals surface area contributed by atoms with Crippen LogP contribution in [0.1, 0.15) is 16.7 Å². The first-order valence-electron chi connectivity index (χ1n) is 8.70. The fraction of sp³-hybridized carbons (Fsp3) is 0.0909. The largest absolute Gasteiger partial charge is 0.492 e. The van der Waals surface area contributed by atoms with Crippen LogP contribution in [0.3, 0.4) is 0 Å². The molecule has 4 rings (SSSR count). The maximum absolute atomic E-state index is 11.2. The van der Waals surface area contributed by atoms with Crippen molar-refractivity contribution in [2.45, 2.75) is 0 Å². The van der Waals surface area contributed by atoms with E-state index in [2.05, 4.69) is 6.08 Å². The highest BCUT2D eigenvalue weighted by Gasteiger charge is 2.25. The topological polar surface area (TPSA) is 78.4 Å². The summed E-state index contributed by atoms with van der Waals surface area (Å²) in [6.45, 7) is 0.947. The number of ether oxygens (including phenoxy) is 1. The number of benzene rings is 3. The third kappa shape index (κ3) is 3.20. The second kappa shape index (κ2) is 7.05. The summed E-state index contributed by atoms with van der Waals surface area (Å²) in [5, 5.41) is 11.2. The van der Waals surface area contributed by atoms with E-state index in [0.717, 1.165) is 39.1 Å². The van der Waals surface area contributed by atoms with Crippen molar-refractivity contribution in [1.29, 1.82) is 0 Å². The molecule has 134 valence electrons. The Morgan fingerprint density at radius 2 is 1.63 bits per heavy atom. The van der Waals surface area contributed by atoms with Gasteiger partial charge in [0.25, 0.3) is 5.69 Å². The summed E-state index contributed by atoms with van der Waals surface area (Å²) in [6, 6.07) is 20.8. The Balaban J connectivity index is 1.79. The molecule has 0 atom stereocenters. The lowest BCUT2D eigenvalue weighted by Crippen LogP contribution is -2.10. The van der Waals surface area contributed by atoms with Gasteiger partial charge in [-0.2, -0.15) is 0 Å². The molecule has 0 fully saturated rings. The van der Waals surface area contributed by atoms with Gasteiger partial charge in [-0.05, 0) is 57.7 Å². The molecule has 1 aliphatic carbocycles. The Morgan fingerprint density at radius 3 is 2.33 bits per heavy atom. The molecule has 0 heterocycles. The normalized spacial score (nSPS) is 13.3. The Morgan fingerprint density at radius 1 is 0.926 bits per heavy atom. The molecule has 5 nitrogen and oxygen atoms in total. The molecule has 2 N–H and O–H groups in total. The molecule has 0 bridgehead atoms. The van der Waals surface area contributed by atoms with Crippen LogP contribution >= 0.6 is 0 Å². The Bertz CT molecular complexity index is 1040. The number of nitro groups is 1. The zero-order chi connectivity index (χ0) is 18.8. The van der Waals surface area contributed by atoms with E-state index in [0.29, 0.717) is 13.2 Å². The maximum Gasteiger partial charge on any atom is 0.270 e. The molecular weight excluding hydrogens is 340 g/mol.